The fourth-order valence-corrected chi connectivity index (χ4v) is 2.46. The summed E-state index contributed by atoms with van der Waals surface area (Å²) < 4.78 is 4.04. The predicted octanol–water partition coefficient (Wildman–Crippen LogP) is 2.48. The smallest absolute Gasteiger partial charge is 0.0997 e. The van der Waals surface area contributed by atoms with E-state index in [-0.39, 0.29) is 0 Å². The van der Waals surface area contributed by atoms with Gasteiger partial charge < -0.3 is 5.32 Å². The summed E-state index contributed by atoms with van der Waals surface area (Å²) in [6.07, 6.45) is 7.67. The van der Waals surface area contributed by atoms with Crippen LogP contribution in [-0.4, -0.2) is 26.4 Å². The Bertz CT molecular complexity index is 726. The van der Waals surface area contributed by atoms with Gasteiger partial charge in [-0.1, -0.05) is 18.2 Å². The Morgan fingerprint density at radius 2 is 2.05 bits per heavy atom. The molecule has 2 aromatic heterocycles. The number of rotatable bonds is 5. The molecule has 0 unspecified atom stereocenters. The molecule has 0 atom stereocenters. The van der Waals surface area contributed by atoms with E-state index < -0.39 is 0 Å². The van der Waals surface area contributed by atoms with E-state index >= 15 is 0 Å². The molecule has 5 nitrogen and oxygen atoms in total. The van der Waals surface area contributed by atoms with Gasteiger partial charge in [-0.2, -0.15) is 5.10 Å². The van der Waals surface area contributed by atoms with E-state index in [2.05, 4.69) is 45.1 Å². The van der Waals surface area contributed by atoms with E-state index in [0.717, 1.165) is 30.0 Å². The fourth-order valence-electron chi connectivity index (χ4n) is 2.46. The highest BCUT2D eigenvalue weighted by Crippen LogP contribution is 2.24. The molecule has 0 aliphatic carbocycles. The number of nitrogens with one attached hydrogen (secondary N) is 1. The second-order valence-electron chi connectivity index (χ2n) is 4.89. The Labute approximate surface area is 124 Å². The van der Waals surface area contributed by atoms with Crippen LogP contribution < -0.4 is 5.32 Å². The van der Waals surface area contributed by atoms with E-state index in [1.54, 1.807) is 0 Å². The molecule has 3 aromatic rings. The SMILES string of the molecule is CCn1cc(-c2cncn2-c2ccccc2CNC)cn1. The summed E-state index contributed by atoms with van der Waals surface area (Å²) in [5.41, 5.74) is 4.51. The number of imidazole rings is 1. The maximum Gasteiger partial charge on any atom is 0.0997 e. The minimum Gasteiger partial charge on any atom is -0.316 e. The molecule has 1 aromatic carbocycles. The van der Waals surface area contributed by atoms with Crippen molar-refractivity contribution in [2.45, 2.75) is 20.0 Å². The van der Waals surface area contributed by atoms with Gasteiger partial charge >= 0.3 is 0 Å². The van der Waals surface area contributed by atoms with Gasteiger partial charge in [-0.15, -0.1) is 0 Å². The molecule has 0 spiro atoms. The average molecular weight is 281 g/mol. The third-order valence-electron chi connectivity index (χ3n) is 3.51. The Hall–Kier alpha value is -2.40. The molecule has 0 bridgehead atoms. The zero-order chi connectivity index (χ0) is 14.7. The lowest BCUT2D eigenvalue weighted by Crippen LogP contribution is -2.09. The van der Waals surface area contributed by atoms with E-state index in [1.807, 2.05) is 42.7 Å². The molecule has 21 heavy (non-hydrogen) atoms. The first kappa shape index (κ1) is 13.6. The largest absolute Gasteiger partial charge is 0.316 e. The fraction of sp³-hybridized carbons (Fsp3) is 0.250. The number of aryl methyl sites for hydroxylation is 1. The quantitative estimate of drug-likeness (QED) is 0.781. The predicted molar refractivity (Wildman–Crippen MR) is 83.2 cm³/mol. The van der Waals surface area contributed by atoms with E-state index in [1.165, 1.54) is 5.56 Å². The Morgan fingerprint density at radius 3 is 2.81 bits per heavy atom. The second-order valence-corrected chi connectivity index (χ2v) is 4.89. The van der Waals surface area contributed by atoms with Crippen molar-refractivity contribution in [1.29, 1.82) is 0 Å². The van der Waals surface area contributed by atoms with Crippen molar-refractivity contribution in [3.8, 4) is 16.9 Å². The molecule has 0 aliphatic heterocycles. The first-order valence-corrected chi connectivity index (χ1v) is 7.11. The minimum atomic E-state index is 0.821. The second kappa shape index (κ2) is 5.93. The van der Waals surface area contributed by atoms with Crippen molar-refractivity contribution >= 4 is 0 Å². The standard InChI is InChI=1S/C16H19N5/c1-3-20-11-14(9-19-20)16-10-18-12-21(16)15-7-5-4-6-13(15)8-17-2/h4-7,9-12,17H,3,8H2,1-2H3. The maximum atomic E-state index is 4.35. The van der Waals surface area contributed by atoms with Gasteiger partial charge in [-0.25, -0.2) is 4.98 Å². The summed E-state index contributed by atoms with van der Waals surface area (Å²) >= 11 is 0. The highest BCUT2D eigenvalue weighted by atomic mass is 15.3. The van der Waals surface area contributed by atoms with Crippen LogP contribution in [0.4, 0.5) is 0 Å². The maximum absolute atomic E-state index is 4.35. The zero-order valence-corrected chi connectivity index (χ0v) is 12.3. The van der Waals surface area contributed by atoms with Crippen LogP contribution in [0.2, 0.25) is 0 Å². The van der Waals surface area contributed by atoms with Crippen LogP contribution in [0.1, 0.15) is 12.5 Å². The Balaban J connectivity index is 2.07. The van der Waals surface area contributed by atoms with Crippen molar-refractivity contribution in [1.82, 2.24) is 24.6 Å². The monoisotopic (exact) mass is 281 g/mol. The minimum absolute atomic E-state index is 0.821. The first-order chi connectivity index (χ1) is 10.3. The summed E-state index contributed by atoms with van der Waals surface area (Å²) in [5.74, 6) is 0. The number of benzene rings is 1. The summed E-state index contributed by atoms with van der Waals surface area (Å²) in [6, 6.07) is 8.35. The summed E-state index contributed by atoms with van der Waals surface area (Å²) in [6.45, 7) is 3.77. The number of hydrogen-bond acceptors (Lipinski definition) is 3. The van der Waals surface area contributed by atoms with Gasteiger partial charge in [0.15, 0.2) is 0 Å². The van der Waals surface area contributed by atoms with Gasteiger partial charge in [-0.05, 0) is 25.6 Å². The van der Waals surface area contributed by atoms with Gasteiger partial charge in [-0.3, -0.25) is 9.25 Å². The lowest BCUT2D eigenvalue weighted by atomic mass is 10.1. The van der Waals surface area contributed by atoms with Gasteiger partial charge in [0, 0.05) is 24.8 Å². The van der Waals surface area contributed by atoms with Crippen molar-refractivity contribution in [2.75, 3.05) is 7.05 Å². The number of aromatic nitrogens is 4. The molecule has 1 N–H and O–H groups in total. The molecule has 0 saturated heterocycles. The average Bonchev–Trinajstić information content (AvgIpc) is 3.16. The molecule has 108 valence electrons. The molecular formula is C16H19N5. The lowest BCUT2D eigenvalue weighted by Gasteiger charge is -2.12. The highest BCUT2D eigenvalue weighted by Gasteiger charge is 2.11. The van der Waals surface area contributed by atoms with Crippen LogP contribution in [0.15, 0.2) is 49.2 Å². The van der Waals surface area contributed by atoms with Crippen LogP contribution >= 0.6 is 0 Å². The third kappa shape index (κ3) is 2.60. The molecular weight excluding hydrogens is 262 g/mol. The van der Waals surface area contributed by atoms with Crippen LogP contribution in [0.5, 0.6) is 0 Å². The van der Waals surface area contributed by atoms with Gasteiger partial charge in [0.25, 0.3) is 0 Å². The van der Waals surface area contributed by atoms with Crippen molar-refractivity contribution < 1.29 is 0 Å². The summed E-state index contributed by atoms with van der Waals surface area (Å²) in [5, 5.41) is 7.56. The normalized spacial score (nSPS) is 11.0. The van der Waals surface area contributed by atoms with E-state index in [0.29, 0.717) is 0 Å². The van der Waals surface area contributed by atoms with Crippen LogP contribution in [0, 0.1) is 0 Å². The zero-order valence-electron chi connectivity index (χ0n) is 12.3. The third-order valence-corrected chi connectivity index (χ3v) is 3.51. The lowest BCUT2D eigenvalue weighted by molar-refractivity contribution is 0.660. The van der Waals surface area contributed by atoms with Crippen LogP contribution in [0.25, 0.3) is 16.9 Å². The first-order valence-electron chi connectivity index (χ1n) is 7.11. The molecule has 2 heterocycles. The molecule has 0 aliphatic rings. The van der Waals surface area contributed by atoms with Gasteiger partial charge in [0.05, 0.1) is 30.1 Å². The van der Waals surface area contributed by atoms with Crippen molar-refractivity contribution in [3.05, 3.63) is 54.7 Å². The number of para-hydroxylation sites is 1. The molecule has 0 amide bonds. The molecule has 3 rings (SSSR count). The van der Waals surface area contributed by atoms with E-state index in [4.69, 9.17) is 0 Å². The van der Waals surface area contributed by atoms with Gasteiger partial charge in [0.2, 0.25) is 0 Å². The number of nitrogens with zero attached hydrogens (tertiary/aromatic N) is 4. The molecule has 0 radical (unpaired) electrons. The van der Waals surface area contributed by atoms with Crippen LogP contribution in [0.3, 0.4) is 0 Å². The van der Waals surface area contributed by atoms with E-state index in [9.17, 15) is 0 Å². The number of hydrogen-bond donors (Lipinski definition) is 1. The Morgan fingerprint density at radius 1 is 1.19 bits per heavy atom. The highest BCUT2D eigenvalue weighted by molar-refractivity contribution is 5.61. The van der Waals surface area contributed by atoms with Crippen molar-refractivity contribution in [2.24, 2.45) is 0 Å². The Kier molecular flexibility index (Phi) is 3.83. The molecule has 0 saturated carbocycles. The molecule has 5 heteroatoms. The molecule has 0 fully saturated rings. The van der Waals surface area contributed by atoms with Crippen molar-refractivity contribution in [3.63, 3.8) is 0 Å². The van der Waals surface area contributed by atoms with Crippen LogP contribution in [-0.2, 0) is 13.1 Å². The topological polar surface area (TPSA) is 47.7 Å². The summed E-state index contributed by atoms with van der Waals surface area (Å²) in [4.78, 5) is 4.32. The van der Waals surface area contributed by atoms with Gasteiger partial charge in [0.1, 0.15) is 0 Å². The summed E-state index contributed by atoms with van der Waals surface area (Å²) in [7, 11) is 1.96.